The molecule has 2 heterocycles. The Bertz CT molecular complexity index is 274. The van der Waals surface area contributed by atoms with Gasteiger partial charge < -0.3 is 10.2 Å². The molecule has 21 heavy (non-hydrogen) atoms. The fourth-order valence-corrected chi connectivity index (χ4v) is 3.47. The Morgan fingerprint density at radius 1 is 1.00 bits per heavy atom. The first-order valence-electron chi connectivity index (χ1n) is 9.01. The molecule has 2 saturated heterocycles. The molecular formula is C17H36N4. The third kappa shape index (κ3) is 6.23. The van der Waals surface area contributed by atoms with Gasteiger partial charge in [-0.3, -0.25) is 9.80 Å². The smallest absolute Gasteiger partial charge is 0.0221 e. The van der Waals surface area contributed by atoms with Crippen molar-refractivity contribution in [1.82, 2.24) is 20.0 Å². The summed E-state index contributed by atoms with van der Waals surface area (Å²) in [6, 6.07) is 0.768. The van der Waals surface area contributed by atoms with Crippen molar-refractivity contribution in [2.24, 2.45) is 5.92 Å². The van der Waals surface area contributed by atoms with E-state index in [2.05, 4.69) is 40.9 Å². The number of piperidine rings is 1. The van der Waals surface area contributed by atoms with Gasteiger partial charge in [0.25, 0.3) is 0 Å². The maximum absolute atomic E-state index is 3.67. The van der Waals surface area contributed by atoms with Crippen LogP contribution < -0.4 is 5.32 Å². The molecule has 0 aromatic rings. The Kier molecular flexibility index (Phi) is 7.44. The first kappa shape index (κ1) is 17.2. The second-order valence-corrected chi connectivity index (χ2v) is 7.38. The highest BCUT2D eigenvalue weighted by Gasteiger charge is 2.23. The number of hydrogen-bond donors (Lipinski definition) is 1. The second-order valence-electron chi connectivity index (χ2n) is 7.38. The first-order valence-corrected chi connectivity index (χ1v) is 9.01. The lowest BCUT2D eigenvalue weighted by atomic mass is 10.0. The van der Waals surface area contributed by atoms with Crippen LogP contribution >= 0.6 is 0 Å². The fraction of sp³-hybridized carbons (Fsp3) is 1.00. The minimum atomic E-state index is 0.757. The Morgan fingerprint density at radius 2 is 1.76 bits per heavy atom. The van der Waals surface area contributed by atoms with Crippen molar-refractivity contribution >= 4 is 0 Å². The average molecular weight is 297 g/mol. The number of nitrogens with one attached hydrogen (secondary N) is 1. The molecule has 0 saturated carbocycles. The lowest BCUT2D eigenvalue weighted by Gasteiger charge is -2.39. The van der Waals surface area contributed by atoms with E-state index in [4.69, 9.17) is 0 Å². The van der Waals surface area contributed by atoms with E-state index in [0.717, 1.165) is 18.5 Å². The lowest BCUT2D eigenvalue weighted by Crippen LogP contribution is -2.51. The van der Waals surface area contributed by atoms with E-state index in [0.29, 0.717) is 0 Å². The van der Waals surface area contributed by atoms with Gasteiger partial charge in [0.1, 0.15) is 0 Å². The van der Waals surface area contributed by atoms with Crippen molar-refractivity contribution in [2.75, 3.05) is 66.0 Å². The highest BCUT2D eigenvalue weighted by molar-refractivity contribution is 4.80. The molecule has 0 spiro atoms. The molecular weight excluding hydrogens is 260 g/mol. The van der Waals surface area contributed by atoms with Crippen LogP contribution in [0.15, 0.2) is 0 Å². The van der Waals surface area contributed by atoms with Gasteiger partial charge in [0.15, 0.2) is 0 Å². The minimum Gasteiger partial charge on any atom is -0.315 e. The summed E-state index contributed by atoms with van der Waals surface area (Å²) >= 11 is 0. The Morgan fingerprint density at radius 3 is 2.48 bits per heavy atom. The molecule has 2 aliphatic rings. The molecule has 2 aliphatic heterocycles. The summed E-state index contributed by atoms with van der Waals surface area (Å²) in [7, 11) is 2.23. The van der Waals surface area contributed by atoms with Gasteiger partial charge in [-0.15, -0.1) is 0 Å². The Balaban J connectivity index is 1.68. The summed E-state index contributed by atoms with van der Waals surface area (Å²) in [5.41, 5.74) is 0. The molecule has 0 radical (unpaired) electrons. The Hall–Kier alpha value is -0.160. The van der Waals surface area contributed by atoms with Gasteiger partial charge in [0.2, 0.25) is 0 Å². The maximum atomic E-state index is 3.67. The predicted molar refractivity (Wildman–Crippen MR) is 90.9 cm³/mol. The zero-order chi connectivity index (χ0) is 15.1. The lowest BCUT2D eigenvalue weighted by molar-refractivity contribution is 0.101. The van der Waals surface area contributed by atoms with Crippen LogP contribution in [0, 0.1) is 5.92 Å². The summed E-state index contributed by atoms with van der Waals surface area (Å²) in [5.74, 6) is 0.757. The molecule has 2 rings (SSSR count). The fourth-order valence-electron chi connectivity index (χ4n) is 3.47. The van der Waals surface area contributed by atoms with E-state index in [9.17, 15) is 0 Å². The van der Waals surface area contributed by atoms with Crippen LogP contribution in [0.2, 0.25) is 0 Å². The number of rotatable bonds is 7. The molecule has 124 valence electrons. The SMILES string of the molecule is CC(C)CNCC1CCCCN1CCN1CCN(C)CC1. The van der Waals surface area contributed by atoms with Gasteiger partial charge in [0.05, 0.1) is 0 Å². The summed E-state index contributed by atoms with van der Waals surface area (Å²) in [6.07, 6.45) is 4.19. The highest BCUT2D eigenvalue weighted by atomic mass is 15.3. The highest BCUT2D eigenvalue weighted by Crippen LogP contribution is 2.16. The molecule has 4 nitrogen and oxygen atoms in total. The number of nitrogens with zero attached hydrogens (tertiary/aromatic N) is 3. The summed E-state index contributed by atoms with van der Waals surface area (Å²) in [6.45, 7) is 15.7. The molecule has 1 unspecified atom stereocenters. The van der Waals surface area contributed by atoms with Gasteiger partial charge in [-0.1, -0.05) is 20.3 Å². The van der Waals surface area contributed by atoms with Gasteiger partial charge in [-0.2, -0.15) is 0 Å². The molecule has 0 aromatic carbocycles. The van der Waals surface area contributed by atoms with E-state index < -0.39 is 0 Å². The van der Waals surface area contributed by atoms with E-state index >= 15 is 0 Å². The quantitative estimate of drug-likeness (QED) is 0.765. The minimum absolute atomic E-state index is 0.757. The summed E-state index contributed by atoms with van der Waals surface area (Å²) < 4.78 is 0. The van der Waals surface area contributed by atoms with Crippen molar-refractivity contribution in [3.63, 3.8) is 0 Å². The molecule has 0 bridgehead atoms. The molecule has 1 atom stereocenters. The predicted octanol–water partition coefficient (Wildman–Crippen LogP) is 1.33. The van der Waals surface area contributed by atoms with Crippen LogP contribution in [0.3, 0.4) is 0 Å². The van der Waals surface area contributed by atoms with Gasteiger partial charge >= 0.3 is 0 Å². The summed E-state index contributed by atoms with van der Waals surface area (Å²) in [5, 5.41) is 3.67. The van der Waals surface area contributed by atoms with E-state index in [1.54, 1.807) is 0 Å². The summed E-state index contributed by atoms with van der Waals surface area (Å²) in [4.78, 5) is 7.83. The van der Waals surface area contributed by atoms with E-state index in [1.807, 2.05) is 0 Å². The van der Waals surface area contributed by atoms with Crippen molar-refractivity contribution in [1.29, 1.82) is 0 Å². The number of piperazine rings is 1. The number of hydrogen-bond acceptors (Lipinski definition) is 4. The van der Waals surface area contributed by atoms with Crippen molar-refractivity contribution in [3.05, 3.63) is 0 Å². The number of likely N-dealkylation sites (N-methyl/N-ethyl adjacent to an activating group) is 1. The first-order chi connectivity index (χ1) is 10.1. The zero-order valence-corrected chi connectivity index (χ0v) is 14.5. The van der Waals surface area contributed by atoms with Crippen molar-refractivity contribution < 1.29 is 0 Å². The normalized spacial score (nSPS) is 26.6. The third-order valence-corrected chi connectivity index (χ3v) is 4.98. The molecule has 0 aromatic heterocycles. The molecule has 0 aliphatic carbocycles. The van der Waals surface area contributed by atoms with Crippen LogP contribution in [0.4, 0.5) is 0 Å². The second kappa shape index (κ2) is 9.09. The largest absolute Gasteiger partial charge is 0.315 e. The third-order valence-electron chi connectivity index (χ3n) is 4.98. The molecule has 0 amide bonds. The van der Waals surface area contributed by atoms with Crippen LogP contribution in [-0.2, 0) is 0 Å². The number of likely N-dealkylation sites (tertiary alicyclic amines) is 1. The maximum Gasteiger partial charge on any atom is 0.0221 e. The van der Waals surface area contributed by atoms with Gasteiger partial charge in [0, 0.05) is 51.9 Å². The molecule has 2 fully saturated rings. The van der Waals surface area contributed by atoms with Crippen LogP contribution in [0.5, 0.6) is 0 Å². The average Bonchev–Trinajstić information content (AvgIpc) is 2.47. The van der Waals surface area contributed by atoms with E-state index in [-0.39, 0.29) is 0 Å². The molecule has 1 N–H and O–H groups in total. The van der Waals surface area contributed by atoms with Crippen LogP contribution in [0.25, 0.3) is 0 Å². The topological polar surface area (TPSA) is 21.8 Å². The van der Waals surface area contributed by atoms with E-state index in [1.165, 1.54) is 71.6 Å². The monoisotopic (exact) mass is 296 g/mol. The molecule has 4 heteroatoms. The zero-order valence-electron chi connectivity index (χ0n) is 14.5. The van der Waals surface area contributed by atoms with Crippen molar-refractivity contribution in [3.8, 4) is 0 Å². The van der Waals surface area contributed by atoms with Gasteiger partial charge in [-0.05, 0) is 38.9 Å². The van der Waals surface area contributed by atoms with Crippen LogP contribution in [0.1, 0.15) is 33.1 Å². The van der Waals surface area contributed by atoms with Crippen LogP contribution in [-0.4, -0.2) is 86.7 Å². The van der Waals surface area contributed by atoms with Crippen molar-refractivity contribution in [2.45, 2.75) is 39.2 Å². The Labute approximate surface area is 131 Å². The van der Waals surface area contributed by atoms with Gasteiger partial charge in [-0.25, -0.2) is 0 Å². The standard InChI is InChI=1S/C17H36N4/c1-16(2)14-18-15-17-6-4-5-7-21(17)13-12-20-10-8-19(3)9-11-20/h16-18H,4-15H2,1-3H3.